The summed E-state index contributed by atoms with van der Waals surface area (Å²) in [4.78, 5) is 17.6. The lowest BCUT2D eigenvalue weighted by molar-refractivity contribution is -0.108. The first-order valence-corrected chi connectivity index (χ1v) is 7.63. The van der Waals surface area contributed by atoms with Crippen molar-refractivity contribution in [2.24, 2.45) is 4.99 Å². The summed E-state index contributed by atoms with van der Waals surface area (Å²) in [7, 11) is 0. The molecular formula is C17H23ClN2O. The highest BCUT2D eigenvalue weighted by molar-refractivity contribution is 6.30. The minimum absolute atomic E-state index is 0.270. The first kappa shape index (κ1) is 17.4. The van der Waals surface area contributed by atoms with Crippen molar-refractivity contribution in [1.82, 2.24) is 4.90 Å². The van der Waals surface area contributed by atoms with Crippen molar-refractivity contribution in [2.45, 2.75) is 39.7 Å². The standard InChI is InChI=1S/C17H23ClN2O/c1-5-13(3)20(11-12-21)17(6-2)19-14(4)15-7-9-16(18)10-8-15/h7-10,12-13H,4-6,11H2,1-3H3. The average Bonchev–Trinajstić information content (AvgIpc) is 2.50. The topological polar surface area (TPSA) is 32.7 Å². The number of hydrogen-bond donors (Lipinski definition) is 0. The quantitative estimate of drug-likeness (QED) is 0.424. The maximum Gasteiger partial charge on any atom is 0.139 e. The lowest BCUT2D eigenvalue weighted by atomic mass is 10.1. The Labute approximate surface area is 132 Å². The molecule has 0 bridgehead atoms. The summed E-state index contributed by atoms with van der Waals surface area (Å²) in [5, 5.41) is 0.688. The van der Waals surface area contributed by atoms with Crippen LogP contribution < -0.4 is 0 Å². The summed E-state index contributed by atoms with van der Waals surface area (Å²) < 4.78 is 0. The van der Waals surface area contributed by atoms with E-state index in [4.69, 9.17) is 11.6 Å². The summed E-state index contributed by atoms with van der Waals surface area (Å²) in [6.45, 7) is 10.6. The monoisotopic (exact) mass is 306 g/mol. The molecule has 1 atom stereocenters. The van der Waals surface area contributed by atoms with E-state index in [0.29, 0.717) is 17.3 Å². The zero-order chi connectivity index (χ0) is 15.8. The lowest BCUT2D eigenvalue weighted by Gasteiger charge is -2.29. The Morgan fingerprint density at radius 2 is 2.00 bits per heavy atom. The minimum atomic E-state index is 0.270. The van der Waals surface area contributed by atoms with Gasteiger partial charge in [0.05, 0.1) is 12.2 Å². The van der Waals surface area contributed by atoms with Crippen molar-refractivity contribution in [3.05, 3.63) is 41.4 Å². The van der Waals surface area contributed by atoms with Gasteiger partial charge in [0.2, 0.25) is 0 Å². The molecule has 1 unspecified atom stereocenters. The van der Waals surface area contributed by atoms with Crippen LogP contribution in [0.25, 0.3) is 5.70 Å². The molecular weight excluding hydrogens is 284 g/mol. The predicted octanol–water partition coefficient (Wildman–Crippen LogP) is 4.42. The Morgan fingerprint density at radius 3 is 2.48 bits per heavy atom. The molecule has 21 heavy (non-hydrogen) atoms. The highest BCUT2D eigenvalue weighted by Crippen LogP contribution is 2.19. The van der Waals surface area contributed by atoms with Gasteiger partial charge in [-0.25, -0.2) is 4.99 Å². The number of aliphatic imine (C=N–C) groups is 1. The second-order valence-corrected chi connectivity index (χ2v) is 5.35. The van der Waals surface area contributed by atoms with Gasteiger partial charge >= 0.3 is 0 Å². The Kier molecular flexibility index (Phi) is 7.17. The molecule has 1 aromatic carbocycles. The number of halogens is 1. The fourth-order valence-corrected chi connectivity index (χ4v) is 2.18. The van der Waals surface area contributed by atoms with Crippen LogP contribution in [0.15, 0.2) is 35.8 Å². The van der Waals surface area contributed by atoms with E-state index in [0.717, 1.165) is 30.5 Å². The van der Waals surface area contributed by atoms with E-state index < -0.39 is 0 Å². The zero-order valence-corrected chi connectivity index (χ0v) is 13.7. The Hall–Kier alpha value is -1.61. The zero-order valence-electron chi connectivity index (χ0n) is 13.0. The summed E-state index contributed by atoms with van der Waals surface area (Å²) in [6.07, 6.45) is 2.63. The highest BCUT2D eigenvalue weighted by Gasteiger charge is 2.15. The molecule has 1 aromatic rings. The summed E-state index contributed by atoms with van der Waals surface area (Å²) >= 11 is 5.89. The molecule has 0 saturated carbocycles. The van der Waals surface area contributed by atoms with Crippen LogP contribution in [0.1, 0.15) is 39.2 Å². The van der Waals surface area contributed by atoms with Crippen molar-refractivity contribution >= 4 is 29.4 Å². The molecule has 0 heterocycles. The van der Waals surface area contributed by atoms with Gasteiger partial charge in [-0.3, -0.25) is 0 Å². The Morgan fingerprint density at radius 1 is 1.38 bits per heavy atom. The van der Waals surface area contributed by atoms with Crippen LogP contribution in [0, 0.1) is 0 Å². The predicted molar refractivity (Wildman–Crippen MR) is 90.7 cm³/mol. The van der Waals surface area contributed by atoms with Gasteiger partial charge in [0, 0.05) is 17.5 Å². The van der Waals surface area contributed by atoms with E-state index >= 15 is 0 Å². The third-order valence-electron chi connectivity index (χ3n) is 3.48. The number of hydrogen-bond acceptors (Lipinski definition) is 2. The summed E-state index contributed by atoms with van der Waals surface area (Å²) in [6, 6.07) is 7.71. The van der Waals surface area contributed by atoms with Crippen molar-refractivity contribution in [2.75, 3.05) is 6.54 Å². The lowest BCUT2D eigenvalue weighted by Crippen LogP contribution is -2.39. The molecule has 0 aromatic heterocycles. The number of carbonyl (C=O) groups is 1. The largest absolute Gasteiger partial charge is 0.350 e. The molecule has 4 heteroatoms. The van der Waals surface area contributed by atoms with Crippen molar-refractivity contribution in [1.29, 1.82) is 0 Å². The summed E-state index contributed by atoms with van der Waals surface area (Å²) in [5.74, 6) is 0.886. The van der Waals surface area contributed by atoms with Gasteiger partial charge in [-0.05, 0) is 31.0 Å². The van der Waals surface area contributed by atoms with Gasteiger partial charge in [0.25, 0.3) is 0 Å². The first-order valence-electron chi connectivity index (χ1n) is 7.26. The first-order chi connectivity index (χ1) is 10.0. The average molecular weight is 307 g/mol. The van der Waals surface area contributed by atoms with Crippen LogP contribution >= 0.6 is 11.6 Å². The molecule has 0 spiro atoms. The van der Waals surface area contributed by atoms with Crippen molar-refractivity contribution in [3.63, 3.8) is 0 Å². The van der Waals surface area contributed by atoms with Gasteiger partial charge in [0.1, 0.15) is 12.1 Å². The maximum atomic E-state index is 10.9. The third-order valence-corrected chi connectivity index (χ3v) is 3.74. The van der Waals surface area contributed by atoms with E-state index in [2.05, 4.69) is 25.4 Å². The van der Waals surface area contributed by atoms with E-state index in [1.165, 1.54) is 0 Å². The molecule has 0 radical (unpaired) electrons. The molecule has 0 N–H and O–H groups in total. The number of nitrogens with zero attached hydrogens (tertiary/aromatic N) is 2. The van der Waals surface area contributed by atoms with Gasteiger partial charge in [-0.2, -0.15) is 0 Å². The van der Waals surface area contributed by atoms with Crippen LogP contribution in [0.4, 0.5) is 0 Å². The normalized spacial score (nSPS) is 12.9. The molecule has 0 fully saturated rings. The number of aldehydes is 1. The fourth-order valence-electron chi connectivity index (χ4n) is 2.05. The van der Waals surface area contributed by atoms with Gasteiger partial charge in [-0.15, -0.1) is 0 Å². The smallest absolute Gasteiger partial charge is 0.139 e. The van der Waals surface area contributed by atoms with Crippen LogP contribution in [-0.4, -0.2) is 29.6 Å². The molecule has 0 aliphatic carbocycles. The maximum absolute atomic E-state index is 10.9. The van der Waals surface area contributed by atoms with E-state index in [-0.39, 0.29) is 6.04 Å². The molecule has 0 aliphatic rings. The van der Waals surface area contributed by atoms with Crippen LogP contribution in [0.5, 0.6) is 0 Å². The number of benzene rings is 1. The number of rotatable bonds is 7. The van der Waals surface area contributed by atoms with Gasteiger partial charge < -0.3 is 9.69 Å². The molecule has 114 valence electrons. The number of amidine groups is 1. The van der Waals surface area contributed by atoms with Crippen LogP contribution in [0.2, 0.25) is 5.02 Å². The number of carbonyl (C=O) groups excluding carboxylic acids is 1. The van der Waals surface area contributed by atoms with Gasteiger partial charge in [-0.1, -0.05) is 44.2 Å². The second-order valence-electron chi connectivity index (χ2n) is 4.91. The van der Waals surface area contributed by atoms with E-state index in [1.807, 2.05) is 36.1 Å². The van der Waals surface area contributed by atoms with Crippen molar-refractivity contribution < 1.29 is 4.79 Å². The summed E-state index contributed by atoms with van der Waals surface area (Å²) in [5.41, 5.74) is 1.61. The van der Waals surface area contributed by atoms with E-state index in [9.17, 15) is 4.79 Å². The molecule has 0 saturated heterocycles. The minimum Gasteiger partial charge on any atom is -0.350 e. The molecule has 0 aliphatic heterocycles. The third kappa shape index (κ3) is 5.01. The molecule has 3 nitrogen and oxygen atoms in total. The Balaban J connectivity index is 3.02. The second kappa shape index (κ2) is 8.63. The highest BCUT2D eigenvalue weighted by atomic mass is 35.5. The Bertz CT molecular complexity index is 508. The fraction of sp³-hybridized carbons (Fsp3) is 0.412. The van der Waals surface area contributed by atoms with Crippen LogP contribution in [0.3, 0.4) is 0 Å². The van der Waals surface area contributed by atoms with Crippen molar-refractivity contribution in [3.8, 4) is 0 Å². The van der Waals surface area contributed by atoms with Gasteiger partial charge in [0.15, 0.2) is 0 Å². The van der Waals surface area contributed by atoms with E-state index in [1.54, 1.807) is 0 Å². The van der Waals surface area contributed by atoms with Crippen LogP contribution in [-0.2, 0) is 4.79 Å². The SMILES string of the molecule is C=C(N=C(CC)N(CC=O)C(C)CC)c1ccc(Cl)cc1. The molecule has 0 amide bonds. The molecule has 1 rings (SSSR count).